The number of aromatic nitrogens is 1. The number of urea groups is 1. The first-order valence-corrected chi connectivity index (χ1v) is 10.3. The van der Waals surface area contributed by atoms with E-state index in [9.17, 15) is 9.59 Å². The van der Waals surface area contributed by atoms with Crippen LogP contribution in [-0.4, -0.2) is 36.6 Å². The summed E-state index contributed by atoms with van der Waals surface area (Å²) in [5.74, 6) is 1.11. The van der Waals surface area contributed by atoms with Gasteiger partial charge in [0, 0.05) is 50.2 Å². The maximum Gasteiger partial charge on any atom is 0.319 e. The number of anilines is 3. The first-order valence-electron chi connectivity index (χ1n) is 10.3. The zero-order valence-corrected chi connectivity index (χ0v) is 16.6. The highest BCUT2D eigenvalue weighted by molar-refractivity contribution is 5.96. The van der Waals surface area contributed by atoms with Crippen molar-refractivity contribution in [3.05, 3.63) is 48.2 Å². The lowest BCUT2D eigenvalue weighted by Crippen LogP contribution is -2.31. The van der Waals surface area contributed by atoms with Gasteiger partial charge in [0.05, 0.1) is 0 Å². The number of piperidine rings is 1. The van der Waals surface area contributed by atoms with Gasteiger partial charge in [0.15, 0.2) is 0 Å². The van der Waals surface area contributed by atoms with E-state index in [4.69, 9.17) is 0 Å². The van der Waals surface area contributed by atoms with Crippen molar-refractivity contribution in [2.45, 2.75) is 38.6 Å². The highest BCUT2D eigenvalue weighted by Crippen LogP contribution is 2.24. The fourth-order valence-electron chi connectivity index (χ4n) is 3.90. The van der Waals surface area contributed by atoms with Gasteiger partial charge in [-0.05, 0) is 61.6 Å². The number of carbonyl (C=O) groups is 2. The van der Waals surface area contributed by atoms with Crippen molar-refractivity contribution in [1.29, 1.82) is 0 Å². The SMILES string of the molecule is O=C(NCc1ccnc(N2CCCCC2)c1)Nc1cccc(N2CCCC2=O)c1. The number of benzene rings is 1. The molecule has 0 spiro atoms. The third-order valence-electron chi connectivity index (χ3n) is 5.43. The van der Waals surface area contributed by atoms with Crippen LogP contribution in [0.4, 0.5) is 22.0 Å². The van der Waals surface area contributed by atoms with Crippen molar-refractivity contribution >= 4 is 29.1 Å². The largest absolute Gasteiger partial charge is 0.357 e. The Kier molecular flexibility index (Phi) is 5.93. The second-order valence-corrected chi connectivity index (χ2v) is 7.58. The van der Waals surface area contributed by atoms with Gasteiger partial charge in [0.25, 0.3) is 0 Å². The van der Waals surface area contributed by atoms with Gasteiger partial charge < -0.3 is 20.4 Å². The summed E-state index contributed by atoms with van der Waals surface area (Å²) < 4.78 is 0. The molecule has 2 saturated heterocycles. The van der Waals surface area contributed by atoms with Gasteiger partial charge in [-0.2, -0.15) is 0 Å². The molecule has 2 N–H and O–H groups in total. The molecule has 4 rings (SSSR count). The van der Waals surface area contributed by atoms with Gasteiger partial charge in [-0.25, -0.2) is 9.78 Å². The van der Waals surface area contributed by atoms with E-state index in [0.29, 0.717) is 18.7 Å². The molecule has 29 heavy (non-hydrogen) atoms. The molecular weight excluding hydrogens is 366 g/mol. The Labute approximate surface area is 171 Å². The highest BCUT2D eigenvalue weighted by Gasteiger charge is 2.21. The van der Waals surface area contributed by atoms with Crippen LogP contribution in [-0.2, 0) is 11.3 Å². The summed E-state index contributed by atoms with van der Waals surface area (Å²) in [7, 11) is 0. The van der Waals surface area contributed by atoms with Crippen LogP contribution in [0.25, 0.3) is 0 Å². The smallest absolute Gasteiger partial charge is 0.319 e. The van der Waals surface area contributed by atoms with E-state index in [2.05, 4.69) is 20.5 Å². The van der Waals surface area contributed by atoms with Crippen molar-refractivity contribution in [1.82, 2.24) is 10.3 Å². The van der Waals surface area contributed by atoms with Gasteiger partial charge in [0.2, 0.25) is 5.91 Å². The summed E-state index contributed by atoms with van der Waals surface area (Å²) in [5, 5.41) is 5.75. The Morgan fingerprint density at radius 2 is 1.90 bits per heavy atom. The number of hydrogen-bond acceptors (Lipinski definition) is 4. The molecule has 7 heteroatoms. The Hall–Kier alpha value is -3.09. The lowest BCUT2D eigenvalue weighted by atomic mass is 10.1. The topological polar surface area (TPSA) is 77.6 Å². The number of amides is 3. The number of rotatable bonds is 5. The van der Waals surface area contributed by atoms with Crippen molar-refractivity contribution in [2.75, 3.05) is 34.8 Å². The average Bonchev–Trinajstić information content (AvgIpc) is 3.19. The van der Waals surface area contributed by atoms with Crippen molar-refractivity contribution in [2.24, 2.45) is 0 Å². The number of nitrogens with zero attached hydrogens (tertiary/aromatic N) is 3. The van der Waals surface area contributed by atoms with Gasteiger partial charge in [-0.1, -0.05) is 6.07 Å². The molecule has 2 aromatic rings. The fourth-order valence-corrected chi connectivity index (χ4v) is 3.90. The first kappa shape index (κ1) is 19.2. The second-order valence-electron chi connectivity index (χ2n) is 7.58. The molecule has 0 radical (unpaired) electrons. The Bertz CT molecular complexity index is 879. The summed E-state index contributed by atoms with van der Waals surface area (Å²) >= 11 is 0. The van der Waals surface area contributed by atoms with Crippen LogP contribution in [0.2, 0.25) is 0 Å². The predicted octanol–water partition coefficient (Wildman–Crippen LogP) is 3.52. The van der Waals surface area contributed by atoms with Crippen LogP contribution in [0.1, 0.15) is 37.7 Å². The molecular formula is C22H27N5O2. The summed E-state index contributed by atoms with van der Waals surface area (Å²) in [4.78, 5) is 32.8. The minimum absolute atomic E-state index is 0.133. The molecule has 3 amide bonds. The van der Waals surface area contributed by atoms with Crippen molar-refractivity contribution in [3.63, 3.8) is 0 Å². The molecule has 0 bridgehead atoms. The molecule has 3 heterocycles. The molecule has 0 atom stereocenters. The Morgan fingerprint density at radius 1 is 1.03 bits per heavy atom. The zero-order chi connectivity index (χ0) is 20.1. The summed E-state index contributed by atoms with van der Waals surface area (Å²) in [6.07, 6.45) is 6.95. The highest BCUT2D eigenvalue weighted by atomic mass is 16.2. The summed E-state index contributed by atoms with van der Waals surface area (Å²) in [6, 6.07) is 11.1. The Morgan fingerprint density at radius 3 is 2.69 bits per heavy atom. The third kappa shape index (κ3) is 4.85. The van der Waals surface area contributed by atoms with Gasteiger partial charge in [0.1, 0.15) is 5.82 Å². The molecule has 2 fully saturated rings. The molecule has 2 aliphatic rings. The quantitative estimate of drug-likeness (QED) is 0.815. The molecule has 152 valence electrons. The van der Waals surface area contributed by atoms with E-state index >= 15 is 0 Å². The second kappa shape index (κ2) is 8.94. The van der Waals surface area contributed by atoms with E-state index in [1.54, 1.807) is 11.1 Å². The monoisotopic (exact) mass is 393 g/mol. The lowest BCUT2D eigenvalue weighted by Gasteiger charge is -2.27. The number of pyridine rings is 1. The van der Waals surface area contributed by atoms with Crippen LogP contribution in [0, 0.1) is 0 Å². The third-order valence-corrected chi connectivity index (χ3v) is 5.43. The van der Waals surface area contributed by atoms with E-state index in [1.807, 2.05) is 36.4 Å². The van der Waals surface area contributed by atoms with Gasteiger partial charge in [-0.3, -0.25) is 4.79 Å². The zero-order valence-electron chi connectivity index (χ0n) is 16.6. The van der Waals surface area contributed by atoms with Gasteiger partial charge in [-0.15, -0.1) is 0 Å². The van der Waals surface area contributed by atoms with Crippen LogP contribution in [0.5, 0.6) is 0 Å². The number of nitrogens with one attached hydrogen (secondary N) is 2. The van der Waals surface area contributed by atoms with Gasteiger partial charge >= 0.3 is 6.03 Å². The Balaban J connectivity index is 1.33. The fraction of sp³-hybridized carbons (Fsp3) is 0.409. The van der Waals surface area contributed by atoms with Crippen LogP contribution in [0.15, 0.2) is 42.6 Å². The maximum absolute atomic E-state index is 12.3. The molecule has 1 aromatic carbocycles. The molecule has 0 aliphatic carbocycles. The van der Waals surface area contributed by atoms with E-state index in [-0.39, 0.29) is 11.9 Å². The number of hydrogen-bond donors (Lipinski definition) is 2. The summed E-state index contributed by atoms with van der Waals surface area (Å²) in [5.41, 5.74) is 2.51. The van der Waals surface area contributed by atoms with Crippen LogP contribution in [0.3, 0.4) is 0 Å². The molecule has 0 saturated carbocycles. The van der Waals surface area contributed by atoms with E-state index in [1.165, 1.54) is 19.3 Å². The minimum Gasteiger partial charge on any atom is -0.357 e. The minimum atomic E-state index is -0.272. The van der Waals surface area contributed by atoms with Crippen LogP contribution >= 0.6 is 0 Å². The lowest BCUT2D eigenvalue weighted by molar-refractivity contribution is -0.117. The standard InChI is InChI=1S/C22H27N5O2/c28-21-8-5-13-27(21)19-7-4-6-18(15-19)25-22(29)24-16-17-9-10-23-20(14-17)26-11-2-1-3-12-26/h4,6-7,9-10,14-15H,1-3,5,8,11-13,16H2,(H2,24,25,29). The van der Waals surface area contributed by atoms with Crippen LogP contribution < -0.4 is 20.4 Å². The maximum atomic E-state index is 12.3. The number of carbonyl (C=O) groups excluding carboxylic acids is 2. The van der Waals surface area contributed by atoms with Crippen molar-refractivity contribution in [3.8, 4) is 0 Å². The molecule has 7 nitrogen and oxygen atoms in total. The predicted molar refractivity (Wildman–Crippen MR) is 114 cm³/mol. The van der Waals surface area contributed by atoms with E-state index < -0.39 is 0 Å². The molecule has 2 aliphatic heterocycles. The first-order chi connectivity index (χ1) is 14.2. The molecule has 0 unspecified atom stereocenters. The average molecular weight is 393 g/mol. The van der Waals surface area contributed by atoms with E-state index in [0.717, 1.165) is 43.1 Å². The normalized spacial score (nSPS) is 16.8. The van der Waals surface area contributed by atoms with Crippen molar-refractivity contribution < 1.29 is 9.59 Å². The summed E-state index contributed by atoms with van der Waals surface area (Å²) in [6.45, 7) is 3.25. The molecule has 1 aromatic heterocycles.